The van der Waals surface area contributed by atoms with Crippen molar-refractivity contribution in [3.05, 3.63) is 47.4 Å². The molecule has 28 heavy (non-hydrogen) atoms. The Balaban J connectivity index is 1.85. The summed E-state index contributed by atoms with van der Waals surface area (Å²) in [4.78, 5) is 4.90. The van der Waals surface area contributed by atoms with Gasteiger partial charge in [0.25, 0.3) is 0 Å². The summed E-state index contributed by atoms with van der Waals surface area (Å²) in [6.45, 7) is 2.92. The van der Waals surface area contributed by atoms with Crippen LogP contribution in [-0.2, 0) is 13.0 Å². The molecule has 0 saturated carbocycles. The highest BCUT2D eigenvalue weighted by Crippen LogP contribution is 2.33. The lowest BCUT2D eigenvalue weighted by molar-refractivity contribution is 0.414. The van der Waals surface area contributed by atoms with Crippen LogP contribution in [0.3, 0.4) is 0 Å². The van der Waals surface area contributed by atoms with Gasteiger partial charge in [0.05, 0.1) is 7.11 Å². The molecule has 2 aromatic heterocycles. The Morgan fingerprint density at radius 3 is 2.68 bits per heavy atom. The molecule has 0 amide bonds. The Kier molecular flexibility index (Phi) is 5.28. The average Bonchev–Trinajstić information content (AvgIpc) is 3.37. The first-order valence-electron chi connectivity index (χ1n) is 10.0. The van der Waals surface area contributed by atoms with Crippen molar-refractivity contribution in [3.8, 4) is 5.75 Å². The maximum absolute atomic E-state index is 6.18. The molecular weight excluding hydrogens is 350 g/mol. The van der Waals surface area contributed by atoms with E-state index >= 15 is 0 Å². The zero-order valence-electron chi connectivity index (χ0n) is 16.6. The first kappa shape index (κ1) is 18.5. The maximum atomic E-state index is 6.18. The fourth-order valence-corrected chi connectivity index (χ4v) is 3.83. The van der Waals surface area contributed by atoms with Gasteiger partial charge in [-0.15, -0.1) is 10.2 Å². The Labute approximate surface area is 165 Å². The third kappa shape index (κ3) is 3.46. The lowest BCUT2D eigenvalue weighted by Gasteiger charge is -2.12. The molecule has 2 N–H and O–H groups in total. The van der Waals surface area contributed by atoms with Crippen molar-refractivity contribution in [2.24, 2.45) is 0 Å². The molecule has 4 rings (SSSR count). The van der Waals surface area contributed by atoms with E-state index in [0.717, 1.165) is 73.4 Å². The Morgan fingerprint density at radius 1 is 1.18 bits per heavy atom. The molecule has 1 aromatic carbocycles. The topological polar surface area (TPSA) is 78.9 Å². The number of nitrogen functional groups attached to an aromatic ring is 1. The van der Waals surface area contributed by atoms with E-state index in [0.29, 0.717) is 5.82 Å². The maximum Gasteiger partial charge on any atom is 0.174 e. The van der Waals surface area contributed by atoms with Crippen molar-refractivity contribution in [2.75, 3.05) is 12.8 Å². The number of allylic oxidation sites excluding steroid dienone is 2. The van der Waals surface area contributed by atoms with Crippen LogP contribution in [0.1, 0.15) is 56.1 Å². The molecule has 146 valence electrons. The highest BCUT2D eigenvalue weighted by molar-refractivity contribution is 5.93. The van der Waals surface area contributed by atoms with E-state index in [2.05, 4.69) is 39.9 Å². The summed E-state index contributed by atoms with van der Waals surface area (Å²) in [5.74, 6) is 2.31. The number of aromatic nitrogens is 4. The first-order chi connectivity index (χ1) is 13.7. The van der Waals surface area contributed by atoms with Gasteiger partial charge in [0, 0.05) is 13.0 Å². The Bertz CT molecular complexity index is 1000. The number of nitrogens with zero attached hydrogens (tertiary/aromatic N) is 4. The van der Waals surface area contributed by atoms with E-state index in [4.69, 9.17) is 15.5 Å². The van der Waals surface area contributed by atoms with Gasteiger partial charge in [-0.1, -0.05) is 31.6 Å². The Morgan fingerprint density at radius 2 is 2.00 bits per heavy atom. The molecule has 0 fully saturated rings. The molecule has 0 saturated heterocycles. The van der Waals surface area contributed by atoms with Crippen LogP contribution in [-0.4, -0.2) is 26.9 Å². The summed E-state index contributed by atoms with van der Waals surface area (Å²) >= 11 is 0. The monoisotopic (exact) mass is 377 g/mol. The van der Waals surface area contributed by atoms with E-state index in [1.807, 2.05) is 12.1 Å². The van der Waals surface area contributed by atoms with Crippen LogP contribution in [0.25, 0.3) is 16.6 Å². The molecule has 0 spiro atoms. The summed E-state index contributed by atoms with van der Waals surface area (Å²) in [7, 11) is 1.68. The van der Waals surface area contributed by atoms with Gasteiger partial charge in [-0.2, -0.15) is 0 Å². The molecule has 3 aromatic rings. The van der Waals surface area contributed by atoms with Gasteiger partial charge in [0.15, 0.2) is 5.82 Å². The number of benzene rings is 1. The van der Waals surface area contributed by atoms with Crippen molar-refractivity contribution in [1.82, 2.24) is 19.7 Å². The summed E-state index contributed by atoms with van der Waals surface area (Å²) in [6.07, 6.45) is 8.69. The number of hydrogen-bond acceptors (Lipinski definition) is 5. The van der Waals surface area contributed by atoms with Gasteiger partial charge in [-0.25, -0.2) is 4.98 Å². The minimum Gasteiger partial charge on any atom is -0.497 e. The van der Waals surface area contributed by atoms with E-state index in [1.165, 1.54) is 11.1 Å². The number of imidazole rings is 1. The Hall–Kier alpha value is -2.89. The van der Waals surface area contributed by atoms with E-state index in [9.17, 15) is 0 Å². The largest absolute Gasteiger partial charge is 0.497 e. The second-order valence-corrected chi connectivity index (χ2v) is 7.32. The highest BCUT2D eigenvalue weighted by Gasteiger charge is 2.21. The summed E-state index contributed by atoms with van der Waals surface area (Å²) in [5.41, 5.74) is 11.4. The molecule has 0 radical (unpaired) electrons. The number of hydrogen-bond donors (Lipinski definition) is 1. The van der Waals surface area contributed by atoms with Gasteiger partial charge in [0.2, 0.25) is 0 Å². The van der Waals surface area contributed by atoms with Crippen molar-refractivity contribution < 1.29 is 4.74 Å². The van der Waals surface area contributed by atoms with Crippen LogP contribution in [0.4, 0.5) is 5.82 Å². The van der Waals surface area contributed by atoms with Gasteiger partial charge in [-0.05, 0) is 49.0 Å². The molecule has 1 aliphatic rings. The lowest BCUT2D eigenvalue weighted by atomic mass is 10.1. The van der Waals surface area contributed by atoms with Crippen molar-refractivity contribution in [2.45, 2.75) is 52.0 Å². The third-order valence-corrected chi connectivity index (χ3v) is 5.37. The number of unbranched alkanes of at least 4 members (excludes halogenated alkanes) is 1. The molecule has 6 nitrogen and oxygen atoms in total. The van der Waals surface area contributed by atoms with Crippen LogP contribution in [0, 0.1) is 0 Å². The summed E-state index contributed by atoms with van der Waals surface area (Å²) in [6, 6.07) is 8.19. The molecule has 2 heterocycles. The normalized spacial score (nSPS) is 13.9. The van der Waals surface area contributed by atoms with Crippen LogP contribution < -0.4 is 10.5 Å². The van der Waals surface area contributed by atoms with Gasteiger partial charge >= 0.3 is 0 Å². The van der Waals surface area contributed by atoms with E-state index in [-0.39, 0.29) is 0 Å². The van der Waals surface area contributed by atoms with Gasteiger partial charge in [0.1, 0.15) is 28.3 Å². The summed E-state index contributed by atoms with van der Waals surface area (Å²) in [5, 5.41) is 8.70. The predicted molar refractivity (Wildman–Crippen MR) is 112 cm³/mol. The molecule has 6 heteroatoms. The second kappa shape index (κ2) is 8.00. The van der Waals surface area contributed by atoms with Gasteiger partial charge in [-0.3, -0.25) is 0 Å². The zero-order valence-corrected chi connectivity index (χ0v) is 16.6. The standard InChI is InChI=1S/C22H27N5O/c1-3-4-9-18-24-20-21(19(25-26-22(20)23)16-7-5-6-8-16)27(18)14-15-10-12-17(28-2)13-11-15/h7,10-13H,3-6,8-9,14H2,1-2H3,(H2,23,26). The summed E-state index contributed by atoms with van der Waals surface area (Å²) < 4.78 is 7.58. The first-order valence-corrected chi connectivity index (χ1v) is 10.0. The molecule has 0 bridgehead atoms. The zero-order chi connectivity index (χ0) is 19.5. The molecule has 0 atom stereocenters. The molecular formula is C22H27N5O. The third-order valence-electron chi connectivity index (χ3n) is 5.37. The number of anilines is 1. The number of rotatable bonds is 7. The quantitative estimate of drug-likeness (QED) is 0.661. The van der Waals surface area contributed by atoms with Crippen LogP contribution in [0.5, 0.6) is 5.75 Å². The van der Waals surface area contributed by atoms with Crippen LogP contribution in [0.2, 0.25) is 0 Å². The molecule has 0 aliphatic heterocycles. The fraction of sp³-hybridized carbons (Fsp3) is 0.409. The second-order valence-electron chi connectivity index (χ2n) is 7.32. The number of methoxy groups -OCH3 is 1. The fourth-order valence-electron chi connectivity index (χ4n) is 3.83. The molecule has 0 unspecified atom stereocenters. The smallest absolute Gasteiger partial charge is 0.174 e. The minimum atomic E-state index is 0.406. The average molecular weight is 377 g/mol. The lowest BCUT2D eigenvalue weighted by Crippen LogP contribution is -2.08. The predicted octanol–water partition coefficient (Wildman–Crippen LogP) is 4.38. The SMILES string of the molecule is CCCCc1nc2c(N)nnc(C3=CCCC3)c2n1Cc1ccc(OC)cc1. The number of aryl methyl sites for hydroxylation is 1. The van der Waals surface area contributed by atoms with E-state index in [1.54, 1.807) is 7.11 Å². The van der Waals surface area contributed by atoms with Crippen molar-refractivity contribution in [1.29, 1.82) is 0 Å². The van der Waals surface area contributed by atoms with Crippen molar-refractivity contribution >= 4 is 22.4 Å². The van der Waals surface area contributed by atoms with Crippen LogP contribution >= 0.6 is 0 Å². The van der Waals surface area contributed by atoms with Crippen molar-refractivity contribution in [3.63, 3.8) is 0 Å². The highest BCUT2D eigenvalue weighted by atomic mass is 16.5. The number of nitrogens with two attached hydrogens (primary N) is 1. The minimum absolute atomic E-state index is 0.406. The number of fused-ring (bicyclic) bond motifs is 1. The van der Waals surface area contributed by atoms with Gasteiger partial charge < -0.3 is 15.0 Å². The van der Waals surface area contributed by atoms with E-state index < -0.39 is 0 Å². The number of ether oxygens (including phenoxy) is 1. The molecule has 1 aliphatic carbocycles. The van der Waals surface area contributed by atoms with Crippen LogP contribution in [0.15, 0.2) is 30.3 Å².